The van der Waals surface area contributed by atoms with Crippen LogP contribution < -0.4 is 5.73 Å². The maximum atomic E-state index is 9.15. The van der Waals surface area contributed by atoms with Gasteiger partial charge in [0.1, 0.15) is 0 Å². The average Bonchev–Trinajstić information content (AvgIpc) is 2.98. The average molecular weight is 212 g/mol. The zero-order valence-corrected chi connectivity index (χ0v) is 9.37. The van der Waals surface area contributed by atoms with Crippen LogP contribution in [0.1, 0.15) is 42.0 Å². The summed E-state index contributed by atoms with van der Waals surface area (Å²) >= 11 is 0. The van der Waals surface area contributed by atoms with Crippen LogP contribution in [0.4, 0.5) is 0 Å². The van der Waals surface area contributed by atoms with Gasteiger partial charge in [0.05, 0.1) is 11.5 Å². The zero-order valence-electron chi connectivity index (χ0n) is 9.37. The Kier molecular flexibility index (Phi) is 2.05. The topological polar surface area (TPSA) is 49.8 Å². The summed E-state index contributed by atoms with van der Waals surface area (Å²) in [5.41, 5.74) is 10.0. The van der Waals surface area contributed by atoms with Crippen molar-refractivity contribution in [2.24, 2.45) is 11.1 Å². The molecular formula is C14H16N2. The molecule has 2 N–H and O–H groups in total. The maximum absolute atomic E-state index is 9.15. The summed E-state index contributed by atoms with van der Waals surface area (Å²) in [6, 6.07) is 8.84. The van der Waals surface area contributed by atoms with Crippen LogP contribution in [0, 0.1) is 16.7 Å². The Labute approximate surface area is 96.1 Å². The molecule has 0 amide bonds. The number of fused-ring (bicyclic) bond motifs is 1. The van der Waals surface area contributed by atoms with E-state index in [-0.39, 0.29) is 11.5 Å². The highest BCUT2D eigenvalue weighted by Crippen LogP contribution is 2.53. The number of hydrogen-bond donors (Lipinski definition) is 1. The molecule has 0 bridgehead atoms. The Bertz CT molecular complexity index is 466. The standard InChI is InChI=1S/C14H16N2/c15-9-14(6-7-14)13(16)12-5-4-10-2-1-3-11(10)8-12/h4-5,8,13H,1-3,6-7,16H2. The Hall–Kier alpha value is -1.33. The van der Waals surface area contributed by atoms with E-state index in [0.717, 1.165) is 18.4 Å². The van der Waals surface area contributed by atoms with E-state index in [1.54, 1.807) is 0 Å². The fourth-order valence-corrected chi connectivity index (χ4v) is 2.73. The van der Waals surface area contributed by atoms with Gasteiger partial charge in [0.25, 0.3) is 0 Å². The number of nitrogens with two attached hydrogens (primary N) is 1. The predicted octanol–water partition coefficient (Wildman–Crippen LogP) is 2.48. The number of benzene rings is 1. The third-order valence-corrected chi connectivity index (χ3v) is 4.09. The second-order valence-corrected chi connectivity index (χ2v) is 5.13. The number of hydrogen-bond acceptors (Lipinski definition) is 2. The van der Waals surface area contributed by atoms with Crippen molar-refractivity contribution in [1.82, 2.24) is 0 Å². The molecule has 0 radical (unpaired) electrons. The van der Waals surface area contributed by atoms with Crippen LogP contribution in [0.3, 0.4) is 0 Å². The molecule has 3 rings (SSSR count). The van der Waals surface area contributed by atoms with Crippen LogP contribution in [0.2, 0.25) is 0 Å². The minimum absolute atomic E-state index is 0.0941. The largest absolute Gasteiger partial charge is 0.323 e. The molecule has 1 saturated carbocycles. The van der Waals surface area contributed by atoms with Crippen LogP contribution in [0.25, 0.3) is 0 Å². The van der Waals surface area contributed by atoms with Crippen molar-refractivity contribution in [3.8, 4) is 6.07 Å². The number of rotatable bonds is 2. The van der Waals surface area contributed by atoms with Gasteiger partial charge in [0, 0.05) is 6.04 Å². The first kappa shape index (κ1) is 9.86. The van der Waals surface area contributed by atoms with Gasteiger partial charge in [0.15, 0.2) is 0 Å². The van der Waals surface area contributed by atoms with E-state index in [1.165, 1.54) is 30.4 Å². The Morgan fingerprint density at radius 2 is 2.00 bits per heavy atom. The fraction of sp³-hybridized carbons (Fsp3) is 0.500. The van der Waals surface area contributed by atoms with Gasteiger partial charge >= 0.3 is 0 Å². The lowest BCUT2D eigenvalue weighted by Gasteiger charge is -2.17. The highest BCUT2D eigenvalue weighted by molar-refractivity contribution is 5.38. The SMILES string of the molecule is N#CC1(C(N)c2ccc3c(c2)CCC3)CC1. The van der Waals surface area contributed by atoms with E-state index >= 15 is 0 Å². The van der Waals surface area contributed by atoms with Gasteiger partial charge in [-0.2, -0.15) is 5.26 Å². The van der Waals surface area contributed by atoms with Crippen molar-refractivity contribution in [3.05, 3.63) is 34.9 Å². The summed E-state index contributed by atoms with van der Waals surface area (Å²) in [6.07, 6.45) is 5.56. The quantitative estimate of drug-likeness (QED) is 0.818. The fourth-order valence-electron chi connectivity index (χ4n) is 2.73. The Morgan fingerprint density at radius 1 is 1.25 bits per heavy atom. The first-order chi connectivity index (χ1) is 7.75. The molecule has 2 aliphatic carbocycles. The van der Waals surface area contributed by atoms with Gasteiger partial charge in [-0.15, -0.1) is 0 Å². The highest BCUT2D eigenvalue weighted by atomic mass is 14.7. The predicted molar refractivity (Wildman–Crippen MR) is 62.7 cm³/mol. The molecule has 16 heavy (non-hydrogen) atoms. The lowest BCUT2D eigenvalue weighted by molar-refractivity contribution is 0.519. The van der Waals surface area contributed by atoms with Crippen molar-refractivity contribution in [1.29, 1.82) is 5.26 Å². The van der Waals surface area contributed by atoms with E-state index in [4.69, 9.17) is 11.0 Å². The van der Waals surface area contributed by atoms with Gasteiger partial charge in [-0.25, -0.2) is 0 Å². The van der Waals surface area contributed by atoms with E-state index in [1.807, 2.05) is 0 Å². The molecule has 0 heterocycles. The summed E-state index contributed by atoms with van der Waals surface area (Å²) < 4.78 is 0. The molecule has 1 unspecified atom stereocenters. The third kappa shape index (κ3) is 1.36. The van der Waals surface area contributed by atoms with Crippen molar-refractivity contribution < 1.29 is 0 Å². The molecule has 2 heteroatoms. The molecule has 0 aliphatic heterocycles. The molecule has 1 fully saturated rings. The van der Waals surface area contributed by atoms with E-state index in [9.17, 15) is 0 Å². The van der Waals surface area contributed by atoms with Crippen LogP contribution >= 0.6 is 0 Å². The minimum atomic E-state index is -0.257. The third-order valence-electron chi connectivity index (χ3n) is 4.09. The van der Waals surface area contributed by atoms with E-state index in [0.29, 0.717) is 0 Å². The smallest absolute Gasteiger partial charge is 0.0767 e. The summed E-state index contributed by atoms with van der Waals surface area (Å²) in [6.45, 7) is 0. The Morgan fingerprint density at radius 3 is 2.69 bits per heavy atom. The molecule has 1 aromatic rings. The van der Waals surface area contributed by atoms with Gasteiger partial charge in [-0.05, 0) is 48.8 Å². The van der Waals surface area contributed by atoms with E-state index in [2.05, 4.69) is 24.3 Å². The van der Waals surface area contributed by atoms with Gasteiger partial charge in [-0.1, -0.05) is 18.2 Å². The molecular weight excluding hydrogens is 196 g/mol. The van der Waals surface area contributed by atoms with Gasteiger partial charge < -0.3 is 5.73 Å². The van der Waals surface area contributed by atoms with Crippen LogP contribution in [0.5, 0.6) is 0 Å². The monoisotopic (exact) mass is 212 g/mol. The molecule has 1 aromatic carbocycles. The number of nitriles is 1. The molecule has 0 spiro atoms. The van der Waals surface area contributed by atoms with Crippen molar-refractivity contribution in [2.45, 2.75) is 38.1 Å². The Balaban J connectivity index is 1.93. The summed E-state index contributed by atoms with van der Waals surface area (Å²) in [7, 11) is 0. The number of aryl methyl sites for hydroxylation is 2. The molecule has 2 nitrogen and oxygen atoms in total. The lowest BCUT2D eigenvalue weighted by Crippen LogP contribution is -2.21. The molecule has 1 atom stereocenters. The lowest BCUT2D eigenvalue weighted by atomic mass is 9.90. The first-order valence-electron chi connectivity index (χ1n) is 6.04. The minimum Gasteiger partial charge on any atom is -0.323 e. The summed E-state index contributed by atoms with van der Waals surface area (Å²) in [4.78, 5) is 0. The number of nitrogens with zero attached hydrogens (tertiary/aromatic N) is 1. The van der Waals surface area contributed by atoms with Crippen molar-refractivity contribution in [3.63, 3.8) is 0 Å². The van der Waals surface area contributed by atoms with Crippen LogP contribution in [-0.2, 0) is 12.8 Å². The second-order valence-electron chi connectivity index (χ2n) is 5.13. The normalized spacial score (nSPS) is 22.2. The highest BCUT2D eigenvalue weighted by Gasteiger charge is 2.49. The second kappa shape index (κ2) is 3.33. The van der Waals surface area contributed by atoms with Crippen LogP contribution in [-0.4, -0.2) is 0 Å². The van der Waals surface area contributed by atoms with E-state index < -0.39 is 0 Å². The zero-order chi connectivity index (χ0) is 11.2. The summed E-state index contributed by atoms with van der Waals surface area (Å²) in [5, 5.41) is 9.15. The van der Waals surface area contributed by atoms with Crippen molar-refractivity contribution in [2.75, 3.05) is 0 Å². The first-order valence-corrected chi connectivity index (χ1v) is 6.04. The van der Waals surface area contributed by atoms with Crippen LogP contribution in [0.15, 0.2) is 18.2 Å². The molecule has 82 valence electrons. The van der Waals surface area contributed by atoms with Gasteiger partial charge in [-0.3, -0.25) is 0 Å². The van der Waals surface area contributed by atoms with Gasteiger partial charge in [0.2, 0.25) is 0 Å². The summed E-state index contributed by atoms with van der Waals surface area (Å²) in [5.74, 6) is 0. The maximum Gasteiger partial charge on any atom is 0.0767 e. The molecule has 0 saturated heterocycles. The molecule has 2 aliphatic rings. The van der Waals surface area contributed by atoms with Crippen molar-refractivity contribution >= 4 is 0 Å². The molecule has 0 aromatic heterocycles.